The van der Waals surface area contributed by atoms with Gasteiger partial charge >= 0.3 is 0 Å². The van der Waals surface area contributed by atoms with Crippen LogP contribution in [0.15, 0.2) is 158 Å². The minimum atomic E-state index is 0.806. The van der Waals surface area contributed by atoms with Crippen LogP contribution in [0.5, 0.6) is 0 Å². The number of para-hydroxylation sites is 1. The fraction of sp³-hybridized carbons (Fsp3) is 0. The van der Waals surface area contributed by atoms with Gasteiger partial charge in [0.2, 0.25) is 0 Å². The molecule has 0 spiro atoms. The normalized spacial score (nSPS) is 11.4. The maximum absolute atomic E-state index is 5.14. The summed E-state index contributed by atoms with van der Waals surface area (Å²) in [6.45, 7) is 0. The molecule has 0 aliphatic heterocycles. The van der Waals surface area contributed by atoms with Gasteiger partial charge in [0.05, 0.1) is 39.5 Å². The first kappa shape index (κ1) is 26.8. The van der Waals surface area contributed by atoms with Crippen LogP contribution in [-0.4, -0.2) is 29.3 Å². The fourth-order valence-corrected chi connectivity index (χ4v) is 6.24. The van der Waals surface area contributed by atoms with Gasteiger partial charge in [0.15, 0.2) is 0 Å². The molecule has 220 valence electrons. The van der Waals surface area contributed by atoms with Crippen LogP contribution in [0, 0.1) is 0 Å². The van der Waals surface area contributed by atoms with Crippen molar-refractivity contribution in [1.82, 2.24) is 29.3 Å². The van der Waals surface area contributed by atoms with Crippen molar-refractivity contribution >= 4 is 27.6 Å². The number of rotatable bonds is 5. The standard InChI is InChI=1S/C41H26N6/c1-2-13-33-32(12-1)40-41(47-23-8-5-16-38(47)46-40)39(45-33)28-19-17-27(18-20-28)29-10-9-11-30(24-29)31-25-36(34-14-3-6-21-42-34)44-37(26-31)35-15-4-7-22-43-35/h1-26H. The van der Waals surface area contributed by atoms with E-state index in [1.165, 1.54) is 0 Å². The molecule has 3 aromatic carbocycles. The Morgan fingerprint density at radius 2 is 1.09 bits per heavy atom. The Morgan fingerprint density at radius 3 is 1.81 bits per heavy atom. The molecular formula is C41H26N6. The predicted molar refractivity (Wildman–Crippen MR) is 189 cm³/mol. The van der Waals surface area contributed by atoms with Crippen molar-refractivity contribution in [1.29, 1.82) is 0 Å². The Balaban J connectivity index is 1.13. The van der Waals surface area contributed by atoms with Gasteiger partial charge in [-0.05, 0) is 82.9 Å². The molecule has 6 aromatic heterocycles. The summed E-state index contributed by atoms with van der Waals surface area (Å²) >= 11 is 0. The van der Waals surface area contributed by atoms with Gasteiger partial charge in [0.25, 0.3) is 0 Å². The molecule has 0 fully saturated rings. The molecule has 47 heavy (non-hydrogen) atoms. The Kier molecular flexibility index (Phi) is 6.35. The molecule has 0 N–H and O–H groups in total. The lowest BCUT2D eigenvalue weighted by Crippen LogP contribution is -1.94. The lowest BCUT2D eigenvalue weighted by molar-refractivity contribution is 1.22. The minimum Gasteiger partial charge on any atom is -0.298 e. The Labute approximate surface area is 270 Å². The van der Waals surface area contributed by atoms with E-state index >= 15 is 0 Å². The van der Waals surface area contributed by atoms with E-state index in [0.29, 0.717) is 0 Å². The van der Waals surface area contributed by atoms with Crippen LogP contribution >= 0.6 is 0 Å². The first-order valence-corrected chi connectivity index (χ1v) is 15.5. The predicted octanol–water partition coefficient (Wildman–Crippen LogP) is 9.56. The summed E-state index contributed by atoms with van der Waals surface area (Å²) in [7, 11) is 0. The smallest absolute Gasteiger partial charge is 0.137 e. The highest BCUT2D eigenvalue weighted by Crippen LogP contribution is 2.35. The van der Waals surface area contributed by atoms with Crippen molar-refractivity contribution in [3.8, 4) is 56.3 Å². The quantitative estimate of drug-likeness (QED) is 0.196. The SMILES string of the molecule is c1ccc(-c2cc(-c3cccc(-c4ccc(-c5nc6ccccc6c6nc7ccccn7c56)cc4)c3)cc(-c3ccccn3)n2)nc1. The lowest BCUT2D eigenvalue weighted by Gasteiger charge is -2.11. The van der Waals surface area contributed by atoms with Gasteiger partial charge in [0.1, 0.15) is 11.2 Å². The van der Waals surface area contributed by atoms with Crippen molar-refractivity contribution in [3.63, 3.8) is 0 Å². The largest absolute Gasteiger partial charge is 0.298 e. The van der Waals surface area contributed by atoms with Gasteiger partial charge in [-0.2, -0.15) is 0 Å². The molecule has 0 unspecified atom stereocenters. The molecule has 0 amide bonds. The van der Waals surface area contributed by atoms with Crippen LogP contribution < -0.4 is 0 Å². The van der Waals surface area contributed by atoms with Crippen LogP contribution in [0.3, 0.4) is 0 Å². The van der Waals surface area contributed by atoms with E-state index < -0.39 is 0 Å². The molecule has 0 bridgehead atoms. The van der Waals surface area contributed by atoms with Crippen LogP contribution in [-0.2, 0) is 0 Å². The van der Waals surface area contributed by atoms with E-state index in [1.54, 1.807) is 12.4 Å². The van der Waals surface area contributed by atoms with Gasteiger partial charge < -0.3 is 0 Å². The molecule has 9 rings (SSSR count). The average Bonchev–Trinajstić information content (AvgIpc) is 3.55. The van der Waals surface area contributed by atoms with E-state index in [1.807, 2.05) is 66.7 Å². The number of benzene rings is 3. The lowest BCUT2D eigenvalue weighted by atomic mass is 9.97. The summed E-state index contributed by atoms with van der Waals surface area (Å²) in [5.41, 5.74) is 13.4. The third-order valence-corrected chi connectivity index (χ3v) is 8.51. The first-order valence-electron chi connectivity index (χ1n) is 15.5. The highest BCUT2D eigenvalue weighted by atomic mass is 15.0. The van der Waals surface area contributed by atoms with Crippen molar-refractivity contribution < 1.29 is 0 Å². The summed E-state index contributed by atoms with van der Waals surface area (Å²) in [4.78, 5) is 24.2. The number of pyridine rings is 5. The zero-order valence-electron chi connectivity index (χ0n) is 25.2. The highest BCUT2D eigenvalue weighted by molar-refractivity contribution is 6.09. The summed E-state index contributed by atoms with van der Waals surface area (Å²) in [6.07, 6.45) is 5.65. The maximum atomic E-state index is 5.14. The summed E-state index contributed by atoms with van der Waals surface area (Å²) in [5, 5.41) is 1.05. The second kappa shape index (κ2) is 11.1. The van der Waals surface area contributed by atoms with Crippen molar-refractivity contribution in [2.24, 2.45) is 0 Å². The number of fused-ring (bicyclic) bond motifs is 5. The second-order valence-electron chi connectivity index (χ2n) is 11.4. The first-order chi connectivity index (χ1) is 23.3. The molecule has 6 heteroatoms. The van der Waals surface area contributed by atoms with Crippen molar-refractivity contribution in [3.05, 3.63) is 158 Å². The summed E-state index contributed by atoms with van der Waals surface area (Å²) in [6, 6.07) is 47.5. The summed E-state index contributed by atoms with van der Waals surface area (Å²) < 4.78 is 2.13. The molecule has 6 heterocycles. The van der Waals surface area contributed by atoms with Gasteiger partial charge in [-0.3, -0.25) is 14.4 Å². The Hall–Kier alpha value is -6.53. The summed E-state index contributed by atoms with van der Waals surface area (Å²) in [5.74, 6) is 0. The number of aromatic nitrogens is 6. The highest BCUT2D eigenvalue weighted by Gasteiger charge is 2.16. The molecule has 0 saturated carbocycles. The monoisotopic (exact) mass is 602 g/mol. The molecule has 0 radical (unpaired) electrons. The van der Waals surface area contributed by atoms with Gasteiger partial charge in [0, 0.05) is 29.5 Å². The maximum Gasteiger partial charge on any atom is 0.137 e. The van der Waals surface area contributed by atoms with Gasteiger partial charge in [-0.1, -0.05) is 78.9 Å². The second-order valence-corrected chi connectivity index (χ2v) is 11.4. The van der Waals surface area contributed by atoms with Crippen LogP contribution in [0.2, 0.25) is 0 Å². The molecule has 0 saturated heterocycles. The average molecular weight is 603 g/mol. The number of nitrogens with zero attached hydrogens (tertiary/aromatic N) is 6. The van der Waals surface area contributed by atoms with Crippen LogP contribution in [0.1, 0.15) is 0 Å². The van der Waals surface area contributed by atoms with E-state index in [0.717, 1.165) is 83.9 Å². The number of hydrogen-bond acceptors (Lipinski definition) is 5. The zero-order chi connectivity index (χ0) is 31.2. The van der Waals surface area contributed by atoms with E-state index in [2.05, 4.69) is 93.4 Å². The molecule has 6 nitrogen and oxygen atoms in total. The van der Waals surface area contributed by atoms with Crippen molar-refractivity contribution in [2.75, 3.05) is 0 Å². The third-order valence-electron chi connectivity index (χ3n) is 8.51. The zero-order valence-corrected chi connectivity index (χ0v) is 25.2. The molecule has 0 aliphatic rings. The molecule has 0 atom stereocenters. The number of hydrogen-bond donors (Lipinski definition) is 0. The molecule has 9 aromatic rings. The van der Waals surface area contributed by atoms with Crippen LogP contribution in [0.25, 0.3) is 83.9 Å². The topological polar surface area (TPSA) is 68.9 Å². The van der Waals surface area contributed by atoms with E-state index in [9.17, 15) is 0 Å². The van der Waals surface area contributed by atoms with E-state index in [4.69, 9.17) is 15.0 Å². The minimum absolute atomic E-state index is 0.806. The van der Waals surface area contributed by atoms with Gasteiger partial charge in [-0.25, -0.2) is 15.0 Å². The van der Waals surface area contributed by atoms with Crippen LogP contribution in [0.4, 0.5) is 0 Å². The Bertz CT molecular complexity index is 2500. The van der Waals surface area contributed by atoms with Gasteiger partial charge in [-0.15, -0.1) is 0 Å². The third kappa shape index (κ3) is 4.80. The molecule has 0 aliphatic carbocycles. The van der Waals surface area contributed by atoms with E-state index in [-0.39, 0.29) is 0 Å². The van der Waals surface area contributed by atoms with Crippen molar-refractivity contribution in [2.45, 2.75) is 0 Å². The Morgan fingerprint density at radius 1 is 0.426 bits per heavy atom. The number of imidazole rings is 1. The fourth-order valence-electron chi connectivity index (χ4n) is 6.24. The molecular weight excluding hydrogens is 576 g/mol.